The molecule has 11 heteroatoms. The molecule has 0 amide bonds. The molecule has 66 heavy (non-hydrogen) atoms. The third-order valence-corrected chi connectivity index (χ3v) is 15.2. The number of carbonyl (C=O) groups excluding carboxylic acids is 3. The molecule has 3 aliphatic carbocycles. The van der Waals surface area contributed by atoms with Crippen LogP contribution >= 0.6 is 0 Å². The summed E-state index contributed by atoms with van der Waals surface area (Å²) in [5, 5.41) is 62.1. The van der Waals surface area contributed by atoms with E-state index in [0.717, 1.165) is 17.5 Å². The molecule has 6 aliphatic rings. The lowest BCUT2D eigenvalue weighted by atomic mass is 9.53. The average Bonchev–Trinajstić information content (AvgIpc) is 3.30. The fourth-order valence-corrected chi connectivity index (χ4v) is 12.0. The van der Waals surface area contributed by atoms with E-state index in [4.69, 9.17) is 9.47 Å². The quantitative estimate of drug-likeness (QED) is 0.0804. The number of ether oxygens (including phenoxy) is 2. The van der Waals surface area contributed by atoms with Crippen molar-refractivity contribution in [3.8, 4) is 23.3 Å². The van der Waals surface area contributed by atoms with Crippen molar-refractivity contribution in [2.24, 2.45) is 23.7 Å². The molecule has 3 aliphatic heterocycles. The van der Waals surface area contributed by atoms with Crippen molar-refractivity contribution in [3.05, 3.63) is 123 Å². The highest BCUT2D eigenvalue weighted by Crippen LogP contribution is 2.55. The first-order valence-corrected chi connectivity index (χ1v) is 23.9. The number of rotatable bonds is 7. The number of aliphatic hydroxyl groups excluding tert-OH is 3. The Labute approximate surface area is 386 Å². The Hall–Kier alpha value is -5.51. The molecule has 11 nitrogen and oxygen atoms in total. The van der Waals surface area contributed by atoms with Gasteiger partial charge in [0.2, 0.25) is 0 Å². The van der Waals surface area contributed by atoms with Gasteiger partial charge in [-0.3, -0.25) is 9.59 Å². The SMILES string of the molecule is CC[C@H]1CC[C@@H]2[C@@H]3Cc4cccc(c4)C[C@H](O)/C=C4/C[C@H](c5cc(CO)cc(NC[C@H](C)O)c5)C#C[C@@H]5CC(=O)Oc6c5cc(c(O)c6[C@@H]5C=CC=CC5)C[C@@H](OC4=O)[C@@]1(O)[C@H]2CCC3=O. The summed E-state index contributed by atoms with van der Waals surface area (Å²) in [6.45, 7) is 3.63. The molecule has 0 unspecified atom stereocenters. The maximum Gasteiger partial charge on any atom is 0.334 e. The van der Waals surface area contributed by atoms with Crippen molar-refractivity contribution < 1.29 is 49.4 Å². The van der Waals surface area contributed by atoms with Crippen LogP contribution in [0.3, 0.4) is 0 Å². The van der Waals surface area contributed by atoms with Crippen molar-refractivity contribution in [2.45, 2.75) is 133 Å². The van der Waals surface area contributed by atoms with Gasteiger partial charge in [-0.25, -0.2) is 4.79 Å². The molecule has 10 bridgehead atoms. The molecule has 3 heterocycles. The fourth-order valence-electron chi connectivity index (χ4n) is 12.0. The number of allylic oxidation sites excluding steroid dienone is 4. The molecular formula is C55H61NO10. The van der Waals surface area contributed by atoms with E-state index in [2.05, 4.69) is 17.2 Å². The van der Waals surface area contributed by atoms with E-state index in [9.17, 15) is 35.1 Å². The van der Waals surface area contributed by atoms with E-state index < -0.39 is 53.6 Å². The van der Waals surface area contributed by atoms with Gasteiger partial charge < -0.3 is 40.3 Å². The fraction of sp³-hybridized carbons (Fsp3) is 0.473. The molecule has 0 radical (unpaired) electrons. The number of nitrogens with one attached hydrogen (secondary N) is 1. The Balaban J connectivity index is 1.29. The average molecular weight is 896 g/mol. The molecular weight excluding hydrogens is 835 g/mol. The molecule has 2 fully saturated rings. The number of benzene rings is 3. The van der Waals surface area contributed by atoms with Crippen LogP contribution < -0.4 is 10.1 Å². The maximum atomic E-state index is 15.3. The van der Waals surface area contributed by atoms with Crippen LogP contribution in [0.4, 0.5) is 5.69 Å². The molecule has 11 atom stereocenters. The molecule has 9 rings (SSSR count). The standard InChI is InChI=1S/C55H61NO10/c1-3-41-14-15-44-46-22-33-9-7-8-32(18-33)21-43(59)25-40-23-36(38-19-34(30-57)20-42(24-38)56-29-31(2)58)12-13-37-28-50(61)66-53-45(37)26-39(52(62)51(53)35-10-5-4-6-11-35)27-49(65-54(40)63)55(41,64)47(44)16-17-48(46)60/h4-10,18-20,24-26,31,35-37,41,43-44,46-47,49,56-59,62,64H,3,11,14-17,21-23,27-30H2,1-2H3/b40-25-/t31-,35+,36+,37+,41-,43-,44+,46-,47-,49+,55-/m0/s1. The van der Waals surface area contributed by atoms with Crippen molar-refractivity contribution in [3.63, 3.8) is 0 Å². The number of aliphatic hydroxyl groups is 4. The summed E-state index contributed by atoms with van der Waals surface area (Å²) in [6, 6.07) is 15.1. The number of hydrogen-bond donors (Lipinski definition) is 6. The van der Waals surface area contributed by atoms with E-state index in [0.29, 0.717) is 65.6 Å². The third kappa shape index (κ3) is 9.01. The Morgan fingerprint density at radius 1 is 0.939 bits per heavy atom. The van der Waals surface area contributed by atoms with Gasteiger partial charge in [0.25, 0.3) is 0 Å². The number of phenols is 1. The van der Waals surface area contributed by atoms with Crippen molar-refractivity contribution in [2.75, 3.05) is 11.9 Å². The number of Topliss-reactive ketones (excluding diaryl/α,β-unsaturated/α-hetero) is 1. The Kier molecular flexibility index (Phi) is 13.1. The van der Waals surface area contributed by atoms with Crippen LogP contribution in [0, 0.1) is 35.5 Å². The number of esters is 2. The van der Waals surface area contributed by atoms with Gasteiger partial charge in [0.05, 0.1) is 31.2 Å². The number of aromatic hydroxyl groups is 1. The number of hydrogen-bond acceptors (Lipinski definition) is 11. The number of carbonyl (C=O) groups is 3. The second kappa shape index (κ2) is 19.0. The van der Waals surface area contributed by atoms with Crippen LogP contribution in [0.15, 0.2) is 84.5 Å². The van der Waals surface area contributed by atoms with Gasteiger partial charge in [0.15, 0.2) is 0 Å². The third-order valence-electron chi connectivity index (χ3n) is 15.2. The molecule has 3 aromatic rings. The van der Waals surface area contributed by atoms with Crippen molar-refractivity contribution in [1.29, 1.82) is 0 Å². The zero-order chi connectivity index (χ0) is 46.3. The van der Waals surface area contributed by atoms with Crippen molar-refractivity contribution >= 4 is 23.4 Å². The van der Waals surface area contributed by atoms with E-state index in [1.54, 1.807) is 19.1 Å². The maximum absolute atomic E-state index is 15.3. The molecule has 2 saturated carbocycles. The summed E-state index contributed by atoms with van der Waals surface area (Å²) < 4.78 is 12.9. The van der Waals surface area contributed by atoms with E-state index in [-0.39, 0.29) is 91.8 Å². The van der Waals surface area contributed by atoms with Gasteiger partial charge in [-0.15, -0.1) is 0 Å². The molecule has 3 aromatic carbocycles. The van der Waals surface area contributed by atoms with Crippen LogP contribution in [-0.4, -0.2) is 73.7 Å². The van der Waals surface area contributed by atoms with E-state index in [1.165, 1.54) is 6.08 Å². The minimum absolute atomic E-state index is 0.0457. The van der Waals surface area contributed by atoms with Gasteiger partial charge in [-0.1, -0.05) is 79.8 Å². The highest BCUT2D eigenvalue weighted by atomic mass is 16.6. The number of anilines is 1. The molecule has 6 N–H and O–H groups in total. The van der Waals surface area contributed by atoms with Gasteiger partial charge in [0.1, 0.15) is 29.0 Å². The predicted molar refractivity (Wildman–Crippen MR) is 249 cm³/mol. The summed E-state index contributed by atoms with van der Waals surface area (Å²) in [5.74, 6) is 2.81. The first kappa shape index (κ1) is 45.6. The summed E-state index contributed by atoms with van der Waals surface area (Å²) in [6.07, 6.45) is 9.86. The lowest BCUT2D eigenvalue weighted by molar-refractivity contribution is -0.212. The van der Waals surface area contributed by atoms with E-state index >= 15 is 4.79 Å². The second-order valence-electron chi connectivity index (χ2n) is 19.5. The predicted octanol–water partition coefficient (Wildman–Crippen LogP) is 7.16. The van der Waals surface area contributed by atoms with Crippen LogP contribution in [-0.2, 0) is 45.0 Å². The monoisotopic (exact) mass is 895 g/mol. The summed E-state index contributed by atoms with van der Waals surface area (Å²) in [5.41, 5.74) is 3.59. The van der Waals surface area contributed by atoms with Gasteiger partial charge >= 0.3 is 11.9 Å². The molecule has 346 valence electrons. The zero-order valence-electron chi connectivity index (χ0n) is 37.7. The largest absolute Gasteiger partial charge is 0.507 e. The molecule has 0 spiro atoms. The zero-order valence-corrected chi connectivity index (χ0v) is 37.7. The number of ketones is 1. The highest BCUT2D eigenvalue weighted by Gasteiger charge is 2.59. The Morgan fingerprint density at radius 3 is 2.50 bits per heavy atom. The van der Waals surface area contributed by atoms with Crippen molar-refractivity contribution in [1.82, 2.24) is 0 Å². The lowest BCUT2D eigenvalue weighted by Crippen LogP contribution is -2.63. The van der Waals surface area contributed by atoms with Gasteiger partial charge in [-0.2, -0.15) is 0 Å². The number of phenolic OH excluding ortho intramolecular Hbond substituents is 1. The van der Waals surface area contributed by atoms with E-state index in [1.807, 2.05) is 67.6 Å². The van der Waals surface area contributed by atoms with Crippen LogP contribution in [0.1, 0.15) is 122 Å². The molecule has 0 saturated heterocycles. The van der Waals surface area contributed by atoms with Crippen LogP contribution in [0.25, 0.3) is 0 Å². The minimum Gasteiger partial charge on any atom is -0.507 e. The summed E-state index contributed by atoms with van der Waals surface area (Å²) >= 11 is 0. The highest BCUT2D eigenvalue weighted by molar-refractivity contribution is 5.89. The normalized spacial score (nSPS) is 31.8. The second-order valence-corrected chi connectivity index (χ2v) is 19.5. The first-order valence-electron chi connectivity index (χ1n) is 23.9. The Morgan fingerprint density at radius 2 is 1.74 bits per heavy atom. The van der Waals surface area contributed by atoms with Gasteiger partial charge in [-0.05, 0) is 115 Å². The summed E-state index contributed by atoms with van der Waals surface area (Å²) in [4.78, 5) is 43.0. The lowest BCUT2D eigenvalue weighted by Gasteiger charge is -2.56. The topological polar surface area (TPSA) is 183 Å². The minimum atomic E-state index is -1.63. The first-order chi connectivity index (χ1) is 31.8. The Bertz CT molecular complexity index is 2540. The number of fused-ring (bicyclic) bond motifs is 7. The smallest absolute Gasteiger partial charge is 0.334 e. The van der Waals surface area contributed by atoms with Crippen LogP contribution in [0.5, 0.6) is 11.5 Å². The molecule has 0 aromatic heterocycles. The summed E-state index contributed by atoms with van der Waals surface area (Å²) in [7, 11) is 0. The van der Waals surface area contributed by atoms with Gasteiger partial charge in [0, 0.05) is 65.9 Å². The van der Waals surface area contributed by atoms with Crippen LogP contribution in [0.2, 0.25) is 0 Å².